The largest absolute Gasteiger partial charge is 0.481 e. The zero-order chi connectivity index (χ0) is 11.8. The number of rotatable bonds is 6. The maximum atomic E-state index is 11.2. The van der Waals surface area contributed by atoms with Crippen molar-refractivity contribution >= 4 is 23.8 Å². The van der Waals surface area contributed by atoms with Crippen LogP contribution < -0.4 is 10.6 Å². The number of carbonyl (C=O) groups excluding carboxylic acids is 1. The zero-order valence-corrected chi connectivity index (χ0v) is 10.1. The molecule has 0 aromatic heterocycles. The number of hydrogen-bond donors (Lipinski definition) is 3. The topological polar surface area (TPSA) is 78.4 Å². The van der Waals surface area contributed by atoms with Crippen molar-refractivity contribution in [1.82, 2.24) is 10.6 Å². The van der Waals surface area contributed by atoms with Crippen molar-refractivity contribution in [1.29, 1.82) is 0 Å². The lowest BCUT2D eigenvalue weighted by atomic mass is 10.2. The van der Waals surface area contributed by atoms with Crippen LogP contribution in [-0.4, -0.2) is 41.2 Å². The molecule has 0 radical (unpaired) electrons. The van der Waals surface area contributed by atoms with E-state index in [9.17, 15) is 9.59 Å². The molecule has 0 bridgehead atoms. The van der Waals surface area contributed by atoms with E-state index in [-0.39, 0.29) is 18.5 Å². The summed E-state index contributed by atoms with van der Waals surface area (Å²) in [5, 5.41) is 14.1. The Bertz CT molecular complexity index is 223. The number of urea groups is 1. The average Bonchev–Trinajstić information content (AvgIpc) is 2.12. The van der Waals surface area contributed by atoms with E-state index in [0.717, 1.165) is 0 Å². The van der Waals surface area contributed by atoms with Crippen LogP contribution >= 0.6 is 11.8 Å². The third-order valence-electron chi connectivity index (χ3n) is 1.81. The van der Waals surface area contributed by atoms with E-state index in [1.165, 1.54) is 0 Å². The van der Waals surface area contributed by atoms with Gasteiger partial charge in [-0.15, -0.1) is 0 Å². The van der Waals surface area contributed by atoms with Crippen LogP contribution in [0.5, 0.6) is 0 Å². The molecule has 2 unspecified atom stereocenters. The third kappa shape index (κ3) is 8.11. The van der Waals surface area contributed by atoms with Crippen molar-refractivity contribution < 1.29 is 14.7 Å². The Kier molecular flexibility index (Phi) is 6.94. The molecular formula is C9H18N2O3S. The van der Waals surface area contributed by atoms with Gasteiger partial charge in [-0.3, -0.25) is 4.79 Å². The molecule has 2 amide bonds. The van der Waals surface area contributed by atoms with Crippen LogP contribution in [-0.2, 0) is 4.79 Å². The Morgan fingerprint density at radius 2 is 2.00 bits per heavy atom. The highest BCUT2D eigenvalue weighted by Gasteiger charge is 2.10. The second-order valence-corrected chi connectivity index (χ2v) is 4.68. The SMILES string of the molecule is CSC(C)CNC(=O)NC(C)CC(=O)O. The van der Waals surface area contributed by atoms with Gasteiger partial charge in [0.1, 0.15) is 0 Å². The van der Waals surface area contributed by atoms with Crippen LogP contribution in [0.25, 0.3) is 0 Å². The number of aliphatic carboxylic acids is 1. The summed E-state index contributed by atoms with van der Waals surface area (Å²) in [6.07, 6.45) is 1.91. The van der Waals surface area contributed by atoms with E-state index in [1.807, 2.05) is 13.2 Å². The highest BCUT2D eigenvalue weighted by atomic mass is 32.2. The Labute approximate surface area is 94.0 Å². The quantitative estimate of drug-likeness (QED) is 0.638. The fourth-order valence-electron chi connectivity index (χ4n) is 0.908. The van der Waals surface area contributed by atoms with Crippen molar-refractivity contribution in [3.63, 3.8) is 0 Å². The molecule has 15 heavy (non-hydrogen) atoms. The summed E-state index contributed by atoms with van der Waals surface area (Å²) >= 11 is 1.66. The maximum absolute atomic E-state index is 11.2. The predicted molar refractivity (Wildman–Crippen MR) is 61.2 cm³/mol. The molecule has 5 nitrogen and oxygen atoms in total. The highest BCUT2D eigenvalue weighted by Crippen LogP contribution is 2.02. The molecule has 0 aliphatic rings. The van der Waals surface area contributed by atoms with Crippen LogP contribution in [0.4, 0.5) is 4.79 Å². The van der Waals surface area contributed by atoms with Gasteiger partial charge in [0.2, 0.25) is 0 Å². The maximum Gasteiger partial charge on any atom is 0.315 e. The van der Waals surface area contributed by atoms with E-state index < -0.39 is 5.97 Å². The Morgan fingerprint density at radius 3 is 2.47 bits per heavy atom. The molecule has 88 valence electrons. The normalized spacial score (nSPS) is 14.1. The van der Waals surface area contributed by atoms with Crippen LogP contribution in [0, 0.1) is 0 Å². The highest BCUT2D eigenvalue weighted by molar-refractivity contribution is 7.99. The molecule has 0 heterocycles. The van der Waals surface area contributed by atoms with Crippen molar-refractivity contribution in [3.05, 3.63) is 0 Å². The van der Waals surface area contributed by atoms with Crippen molar-refractivity contribution in [3.8, 4) is 0 Å². The summed E-state index contributed by atoms with van der Waals surface area (Å²) in [4.78, 5) is 21.6. The molecule has 0 aliphatic heterocycles. The summed E-state index contributed by atoms with van der Waals surface area (Å²) < 4.78 is 0. The number of carboxylic acids is 1. The molecule has 0 aliphatic carbocycles. The molecule has 0 rings (SSSR count). The van der Waals surface area contributed by atoms with Gasteiger partial charge in [0, 0.05) is 17.8 Å². The van der Waals surface area contributed by atoms with Gasteiger partial charge in [0.05, 0.1) is 6.42 Å². The Hall–Kier alpha value is -0.910. The monoisotopic (exact) mass is 234 g/mol. The van der Waals surface area contributed by atoms with E-state index >= 15 is 0 Å². The van der Waals surface area contributed by atoms with Crippen LogP contribution in [0.2, 0.25) is 0 Å². The Morgan fingerprint density at radius 1 is 1.40 bits per heavy atom. The third-order valence-corrected chi connectivity index (χ3v) is 2.78. The first-order valence-electron chi connectivity index (χ1n) is 4.74. The molecule has 3 N–H and O–H groups in total. The average molecular weight is 234 g/mol. The van der Waals surface area contributed by atoms with Crippen LogP contribution in [0.3, 0.4) is 0 Å². The van der Waals surface area contributed by atoms with Gasteiger partial charge in [-0.05, 0) is 13.2 Å². The first kappa shape index (κ1) is 14.1. The van der Waals surface area contributed by atoms with E-state index in [4.69, 9.17) is 5.11 Å². The molecule has 0 fully saturated rings. The minimum Gasteiger partial charge on any atom is -0.481 e. The van der Waals surface area contributed by atoms with Gasteiger partial charge in [-0.25, -0.2) is 4.79 Å². The molecule has 0 saturated heterocycles. The Balaban J connectivity index is 3.69. The lowest BCUT2D eigenvalue weighted by molar-refractivity contribution is -0.137. The molecule has 0 aromatic carbocycles. The zero-order valence-electron chi connectivity index (χ0n) is 9.24. The summed E-state index contributed by atoms with van der Waals surface area (Å²) in [6.45, 7) is 4.24. The summed E-state index contributed by atoms with van der Waals surface area (Å²) in [7, 11) is 0. The van der Waals surface area contributed by atoms with Crippen molar-refractivity contribution in [2.24, 2.45) is 0 Å². The van der Waals surface area contributed by atoms with E-state index in [0.29, 0.717) is 11.8 Å². The van der Waals surface area contributed by atoms with Crippen LogP contribution in [0.1, 0.15) is 20.3 Å². The number of nitrogens with one attached hydrogen (secondary N) is 2. The van der Waals surface area contributed by atoms with Gasteiger partial charge < -0.3 is 15.7 Å². The molecular weight excluding hydrogens is 216 g/mol. The van der Waals surface area contributed by atoms with Gasteiger partial charge >= 0.3 is 12.0 Å². The van der Waals surface area contributed by atoms with Crippen LogP contribution in [0.15, 0.2) is 0 Å². The number of carboxylic acid groups (broad SMARTS) is 1. The lowest BCUT2D eigenvalue weighted by Gasteiger charge is -2.14. The standard InChI is InChI=1S/C9H18N2O3S/c1-6(4-8(12)13)11-9(14)10-5-7(2)15-3/h6-7H,4-5H2,1-3H3,(H,12,13)(H2,10,11,14). The second kappa shape index (κ2) is 7.39. The molecule has 2 atom stereocenters. The number of amides is 2. The minimum absolute atomic E-state index is 0.0640. The predicted octanol–water partition coefficient (Wildman–Crippen LogP) is 0.900. The van der Waals surface area contributed by atoms with Gasteiger partial charge in [-0.2, -0.15) is 11.8 Å². The second-order valence-electron chi connectivity index (χ2n) is 3.40. The minimum atomic E-state index is -0.916. The van der Waals surface area contributed by atoms with E-state index in [2.05, 4.69) is 10.6 Å². The first-order valence-corrected chi connectivity index (χ1v) is 6.03. The fourth-order valence-corrected chi connectivity index (χ4v) is 1.16. The summed E-state index contributed by atoms with van der Waals surface area (Å²) in [6, 6.07) is -0.670. The molecule has 0 aromatic rings. The molecule has 0 spiro atoms. The summed E-state index contributed by atoms with van der Waals surface area (Å²) in [5.41, 5.74) is 0. The van der Waals surface area contributed by atoms with Crippen molar-refractivity contribution in [2.45, 2.75) is 31.6 Å². The molecule has 6 heteroatoms. The number of thioether (sulfide) groups is 1. The van der Waals surface area contributed by atoms with Crippen molar-refractivity contribution in [2.75, 3.05) is 12.8 Å². The van der Waals surface area contributed by atoms with Gasteiger partial charge in [0.25, 0.3) is 0 Å². The number of hydrogen-bond acceptors (Lipinski definition) is 3. The number of carbonyl (C=O) groups is 2. The van der Waals surface area contributed by atoms with Gasteiger partial charge in [0.15, 0.2) is 0 Å². The first-order chi connectivity index (χ1) is 6.95. The van der Waals surface area contributed by atoms with Gasteiger partial charge in [-0.1, -0.05) is 6.92 Å². The smallest absolute Gasteiger partial charge is 0.315 e. The fraction of sp³-hybridized carbons (Fsp3) is 0.778. The molecule has 0 saturated carbocycles. The summed E-state index contributed by atoms with van der Waals surface area (Å²) in [5.74, 6) is -0.916. The lowest BCUT2D eigenvalue weighted by Crippen LogP contribution is -2.43. The van der Waals surface area contributed by atoms with E-state index in [1.54, 1.807) is 18.7 Å².